The molecule has 106 valence electrons. The van der Waals surface area contributed by atoms with Crippen molar-refractivity contribution in [3.8, 4) is 0 Å². The normalized spacial score (nSPS) is 17.5. The second kappa shape index (κ2) is 7.09. The standard InChI is InChI=1S/C18H29N/c1-4-11-19-18(12-14(2)3)17-10-6-9-16(13-17)15-7-5-8-15/h6,9-10,13-15,18-19H,4-5,7-8,11-12H2,1-3H3. The number of nitrogens with one attached hydrogen (secondary N) is 1. The van der Waals surface area contributed by atoms with Gasteiger partial charge in [-0.2, -0.15) is 0 Å². The molecule has 2 rings (SSSR count). The van der Waals surface area contributed by atoms with E-state index in [2.05, 4.69) is 50.4 Å². The zero-order valence-corrected chi connectivity index (χ0v) is 12.8. The summed E-state index contributed by atoms with van der Waals surface area (Å²) in [7, 11) is 0. The van der Waals surface area contributed by atoms with E-state index >= 15 is 0 Å². The van der Waals surface area contributed by atoms with Gasteiger partial charge in [-0.15, -0.1) is 0 Å². The molecule has 0 bridgehead atoms. The highest BCUT2D eigenvalue weighted by atomic mass is 14.9. The van der Waals surface area contributed by atoms with Crippen LogP contribution in [0.3, 0.4) is 0 Å². The van der Waals surface area contributed by atoms with E-state index in [9.17, 15) is 0 Å². The Kier molecular flexibility index (Phi) is 5.45. The fourth-order valence-electron chi connectivity index (χ4n) is 2.90. The van der Waals surface area contributed by atoms with Crippen LogP contribution in [0, 0.1) is 5.92 Å². The Balaban J connectivity index is 2.09. The van der Waals surface area contributed by atoms with Gasteiger partial charge in [0, 0.05) is 6.04 Å². The maximum atomic E-state index is 3.72. The Labute approximate surface area is 118 Å². The highest BCUT2D eigenvalue weighted by Crippen LogP contribution is 2.37. The highest BCUT2D eigenvalue weighted by molar-refractivity contribution is 5.29. The molecule has 0 spiro atoms. The monoisotopic (exact) mass is 259 g/mol. The molecule has 1 aliphatic rings. The van der Waals surface area contributed by atoms with Gasteiger partial charge >= 0.3 is 0 Å². The minimum atomic E-state index is 0.528. The van der Waals surface area contributed by atoms with Gasteiger partial charge in [-0.25, -0.2) is 0 Å². The fourth-order valence-corrected chi connectivity index (χ4v) is 2.90. The Morgan fingerprint density at radius 3 is 2.63 bits per heavy atom. The van der Waals surface area contributed by atoms with Crippen LogP contribution in [0.2, 0.25) is 0 Å². The molecule has 0 radical (unpaired) electrons. The molecule has 0 saturated heterocycles. The van der Waals surface area contributed by atoms with Crippen molar-refractivity contribution in [2.75, 3.05) is 6.54 Å². The third-order valence-electron chi connectivity index (χ3n) is 4.24. The van der Waals surface area contributed by atoms with Gasteiger partial charge in [0.1, 0.15) is 0 Å². The van der Waals surface area contributed by atoms with Crippen molar-refractivity contribution in [3.63, 3.8) is 0 Å². The van der Waals surface area contributed by atoms with E-state index < -0.39 is 0 Å². The summed E-state index contributed by atoms with van der Waals surface area (Å²) in [5, 5.41) is 3.72. The SMILES string of the molecule is CCCNC(CC(C)C)c1cccc(C2CCC2)c1. The Hall–Kier alpha value is -0.820. The van der Waals surface area contributed by atoms with Gasteiger partial charge in [0.15, 0.2) is 0 Å². The van der Waals surface area contributed by atoms with Crippen molar-refractivity contribution in [1.82, 2.24) is 5.32 Å². The molecular formula is C18H29N. The molecule has 1 aromatic carbocycles. The smallest absolute Gasteiger partial charge is 0.0322 e. The number of hydrogen-bond donors (Lipinski definition) is 1. The zero-order valence-electron chi connectivity index (χ0n) is 12.8. The van der Waals surface area contributed by atoms with Crippen LogP contribution < -0.4 is 5.32 Å². The van der Waals surface area contributed by atoms with Crippen LogP contribution in [0.25, 0.3) is 0 Å². The van der Waals surface area contributed by atoms with Crippen LogP contribution in [0.5, 0.6) is 0 Å². The first-order valence-electron chi connectivity index (χ1n) is 8.04. The topological polar surface area (TPSA) is 12.0 Å². The maximum Gasteiger partial charge on any atom is 0.0322 e. The number of hydrogen-bond acceptors (Lipinski definition) is 1. The maximum absolute atomic E-state index is 3.72. The van der Waals surface area contributed by atoms with Gasteiger partial charge in [-0.05, 0) is 55.2 Å². The lowest BCUT2D eigenvalue weighted by Crippen LogP contribution is -2.24. The summed E-state index contributed by atoms with van der Waals surface area (Å²) in [6, 6.07) is 9.86. The largest absolute Gasteiger partial charge is 0.310 e. The molecule has 1 aliphatic carbocycles. The van der Waals surface area contributed by atoms with Crippen LogP contribution in [-0.2, 0) is 0 Å². The molecule has 0 amide bonds. The van der Waals surface area contributed by atoms with Crippen LogP contribution >= 0.6 is 0 Å². The summed E-state index contributed by atoms with van der Waals surface area (Å²) >= 11 is 0. The van der Waals surface area contributed by atoms with Crippen LogP contribution in [0.1, 0.15) is 76.0 Å². The molecule has 1 atom stereocenters. The molecule has 1 aromatic rings. The predicted octanol–water partition coefficient (Wildman–Crippen LogP) is 5.04. The third-order valence-corrected chi connectivity index (χ3v) is 4.24. The lowest BCUT2D eigenvalue weighted by molar-refractivity contribution is 0.414. The van der Waals surface area contributed by atoms with Crippen molar-refractivity contribution in [1.29, 1.82) is 0 Å². The van der Waals surface area contributed by atoms with Crippen LogP contribution in [0.4, 0.5) is 0 Å². The average Bonchev–Trinajstić information content (AvgIpc) is 2.32. The summed E-state index contributed by atoms with van der Waals surface area (Å²) in [5.41, 5.74) is 3.06. The van der Waals surface area contributed by atoms with Gasteiger partial charge < -0.3 is 5.32 Å². The van der Waals surface area contributed by atoms with E-state index in [0.717, 1.165) is 18.4 Å². The molecule has 1 nitrogen and oxygen atoms in total. The molecule has 1 fully saturated rings. The van der Waals surface area contributed by atoms with Crippen molar-refractivity contribution in [2.24, 2.45) is 5.92 Å². The molecule has 1 N–H and O–H groups in total. The van der Waals surface area contributed by atoms with Gasteiger partial charge in [0.2, 0.25) is 0 Å². The van der Waals surface area contributed by atoms with E-state index in [0.29, 0.717) is 6.04 Å². The summed E-state index contributed by atoms with van der Waals surface area (Å²) < 4.78 is 0. The van der Waals surface area contributed by atoms with Crippen molar-refractivity contribution in [2.45, 2.75) is 64.8 Å². The van der Waals surface area contributed by atoms with E-state index in [4.69, 9.17) is 0 Å². The average molecular weight is 259 g/mol. The van der Waals surface area contributed by atoms with E-state index in [1.165, 1.54) is 37.7 Å². The van der Waals surface area contributed by atoms with E-state index in [-0.39, 0.29) is 0 Å². The number of rotatable bonds is 7. The molecule has 0 aromatic heterocycles. The second-order valence-electron chi connectivity index (χ2n) is 6.43. The van der Waals surface area contributed by atoms with Crippen LogP contribution in [0.15, 0.2) is 24.3 Å². The van der Waals surface area contributed by atoms with Crippen LogP contribution in [-0.4, -0.2) is 6.54 Å². The Bertz CT molecular complexity index is 379. The molecule has 0 heterocycles. The Morgan fingerprint density at radius 1 is 1.26 bits per heavy atom. The lowest BCUT2D eigenvalue weighted by atomic mass is 9.79. The fraction of sp³-hybridized carbons (Fsp3) is 0.667. The minimum absolute atomic E-state index is 0.528. The van der Waals surface area contributed by atoms with Gasteiger partial charge in [-0.1, -0.05) is 51.5 Å². The summed E-state index contributed by atoms with van der Waals surface area (Å²) in [6.45, 7) is 7.99. The summed E-state index contributed by atoms with van der Waals surface area (Å²) in [6.07, 6.45) is 6.63. The lowest BCUT2D eigenvalue weighted by Gasteiger charge is -2.28. The van der Waals surface area contributed by atoms with Crippen molar-refractivity contribution in [3.05, 3.63) is 35.4 Å². The predicted molar refractivity (Wildman–Crippen MR) is 83.5 cm³/mol. The van der Waals surface area contributed by atoms with E-state index in [1.54, 1.807) is 5.56 Å². The zero-order chi connectivity index (χ0) is 13.7. The molecular weight excluding hydrogens is 230 g/mol. The van der Waals surface area contributed by atoms with Crippen molar-refractivity contribution < 1.29 is 0 Å². The first-order chi connectivity index (χ1) is 9.20. The minimum Gasteiger partial charge on any atom is -0.310 e. The van der Waals surface area contributed by atoms with Gasteiger partial charge in [0.05, 0.1) is 0 Å². The first-order valence-corrected chi connectivity index (χ1v) is 8.04. The molecule has 0 aliphatic heterocycles. The molecule has 1 saturated carbocycles. The summed E-state index contributed by atoms with van der Waals surface area (Å²) in [5.74, 6) is 1.58. The third kappa shape index (κ3) is 4.07. The van der Waals surface area contributed by atoms with Gasteiger partial charge in [-0.3, -0.25) is 0 Å². The molecule has 1 heteroatoms. The Morgan fingerprint density at radius 2 is 2.05 bits per heavy atom. The quantitative estimate of drug-likeness (QED) is 0.723. The van der Waals surface area contributed by atoms with Crippen molar-refractivity contribution >= 4 is 0 Å². The molecule has 19 heavy (non-hydrogen) atoms. The second-order valence-corrected chi connectivity index (χ2v) is 6.43. The first kappa shape index (κ1) is 14.6. The van der Waals surface area contributed by atoms with Gasteiger partial charge in [0.25, 0.3) is 0 Å². The number of benzene rings is 1. The molecule has 1 unspecified atom stereocenters. The highest BCUT2D eigenvalue weighted by Gasteiger charge is 2.20. The van der Waals surface area contributed by atoms with E-state index in [1.807, 2.05) is 0 Å². The summed E-state index contributed by atoms with van der Waals surface area (Å²) in [4.78, 5) is 0.